The number of hydrogen-bond donors (Lipinski definition) is 1. The molecule has 0 bridgehead atoms. The molecule has 102 valence electrons. The highest BCUT2D eigenvalue weighted by atomic mass is 127. The van der Waals surface area contributed by atoms with Crippen molar-refractivity contribution in [3.05, 3.63) is 33.0 Å². The molecule has 4 nitrogen and oxygen atoms in total. The van der Waals surface area contributed by atoms with E-state index >= 15 is 0 Å². The van der Waals surface area contributed by atoms with E-state index in [1.54, 1.807) is 17.5 Å². The highest BCUT2D eigenvalue weighted by Crippen LogP contribution is 2.28. The van der Waals surface area contributed by atoms with Crippen LogP contribution in [0.3, 0.4) is 0 Å². The Hall–Kier alpha value is -1.28. The molecule has 6 heteroatoms. The van der Waals surface area contributed by atoms with E-state index < -0.39 is 0 Å². The van der Waals surface area contributed by atoms with Gasteiger partial charge in [0.05, 0.1) is 19.5 Å². The van der Waals surface area contributed by atoms with Gasteiger partial charge in [0.1, 0.15) is 5.82 Å². The molecule has 0 amide bonds. The summed E-state index contributed by atoms with van der Waals surface area (Å²) in [5.74, 6) is 1.49. The summed E-state index contributed by atoms with van der Waals surface area (Å²) in [4.78, 5) is 13.5. The first kappa shape index (κ1) is 13.7. The Morgan fingerprint density at radius 2 is 2.10 bits per heavy atom. The molecule has 0 aliphatic heterocycles. The summed E-state index contributed by atoms with van der Waals surface area (Å²) < 4.78 is 2.07. The Morgan fingerprint density at radius 3 is 2.85 bits per heavy atom. The minimum absolute atomic E-state index is 0.310. The normalized spacial score (nSPS) is 11.4. The zero-order valence-corrected chi connectivity index (χ0v) is 14.1. The van der Waals surface area contributed by atoms with Gasteiger partial charge in [-0.05, 0) is 46.0 Å². The Balaban J connectivity index is 2.18. The van der Waals surface area contributed by atoms with Crippen LogP contribution < -0.4 is 5.73 Å². The van der Waals surface area contributed by atoms with Crippen molar-refractivity contribution >= 4 is 50.0 Å². The molecule has 0 aliphatic rings. The van der Waals surface area contributed by atoms with Crippen molar-refractivity contribution in [2.75, 3.05) is 5.73 Å². The number of fused-ring (bicyclic) bond motifs is 1. The number of hydrogen-bond acceptors (Lipinski definition) is 5. The van der Waals surface area contributed by atoms with Crippen LogP contribution >= 0.6 is 33.9 Å². The van der Waals surface area contributed by atoms with Crippen molar-refractivity contribution in [1.82, 2.24) is 15.0 Å². The number of rotatable bonds is 2. The number of halogens is 1. The van der Waals surface area contributed by atoms with Crippen LogP contribution in [-0.4, -0.2) is 15.0 Å². The second-order valence-electron chi connectivity index (χ2n) is 4.81. The van der Waals surface area contributed by atoms with Gasteiger partial charge in [-0.1, -0.05) is 13.8 Å². The molecular formula is C14H13IN4S. The lowest BCUT2D eigenvalue weighted by atomic mass is 10.1. The third-order valence-electron chi connectivity index (χ3n) is 3.01. The number of thiophene rings is 1. The number of nitrogens with zero attached hydrogens (tertiary/aromatic N) is 3. The standard InChI is InChI=1S/C14H13IN4S/c1-7(2)12-11(15)13(16)19-14(18-12)8-5-10-9(17-6-8)3-4-20-10/h3-7H,1-2H3,(H2,16,18,19). The maximum Gasteiger partial charge on any atom is 0.163 e. The Bertz CT molecular complexity index is 782. The third-order valence-corrected chi connectivity index (χ3v) is 4.97. The molecule has 3 aromatic heterocycles. The minimum Gasteiger partial charge on any atom is -0.383 e. The molecule has 0 spiro atoms. The van der Waals surface area contributed by atoms with E-state index in [1.165, 1.54) is 0 Å². The van der Waals surface area contributed by atoms with Crippen LogP contribution in [0.5, 0.6) is 0 Å². The summed E-state index contributed by atoms with van der Waals surface area (Å²) in [5.41, 5.74) is 8.91. The summed E-state index contributed by atoms with van der Waals surface area (Å²) in [6, 6.07) is 4.07. The van der Waals surface area contributed by atoms with Gasteiger partial charge in [-0.2, -0.15) is 0 Å². The van der Waals surface area contributed by atoms with Gasteiger partial charge in [-0.25, -0.2) is 9.97 Å². The van der Waals surface area contributed by atoms with Crippen molar-refractivity contribution < 1.29 is 0 Å². The van der Waals surface area contributed by atoms with Crippen LogP contribution in [0.2, 0.25) is 0 Å². The molecule has 0 aromatic carbocycles. The molecule has 0 fully saturated rings. The summed E-state index contributed by atoms with van der Waals surface area (Å²) in [6.07, 6.45) is 1.81. The zero-order chi connectivity index (χ0) is 14.3. The van der Waals surface area contributed by atoms with E-state index in [2.05, 4.69) is 57.5 Å². The molecule has 20 heavy (non-hydrogen) atoms. The minimum atomic E-state index is 0.310. The number of nitrogen functional groups attached to an aromatic ring is 1. The van der Waals surface area contributed by atoms with Gasteiger partial charge in [-0.3, -0.25) is 4.98 Å². The van der Waals surface area contributed by atoms with E-state index in [-0.39, 0.29) is 0 Å². The van der Waals surface area contributed by atoms with Gasteiger partial charge < -0.3 is 5.73 Å². The van der Waals surface area contributed by atoms with Crippen LogP contribution in [0.1, 0.15) is 25.5 Å². The highest BCUT2D eigenvalue weighted by Gasteiger charge is 2.14. The highest BCUT2D eigenvalue weighted by molar-refractivity contribution is 14.1. The Morgan fingerprint density at radius 1 is 1.30 bits per heavy atom. The largest absolute Gasteiger partial charge is 0.383 e. The summed E-state index contributed by atoms with van der Waals surface area (Å²) in [5, 5.41) is 2.03. The summed E-state index contributed by atoms with van der Waals surface area (Å²) in [7, 11) is 0. The number of aromatic nitrogens is 3. The second-order valence-corrected chi connectivity index (χ2v) is 6.84. The maximum atomic E-state index is 6.01. The van der Waals surface area contributed by atoms with E-state index in [0.29, 0.717) is 17.6 Å². The third kappa shape index (κ3) is 2.37. The predicted octanol–water partition coefficient (Wildman–Crippen LogP) is 4.06. The second kappa shape index (κ2) is 5.25. The lowest BCUT2D eigenvalue weighted by Crippen LogP contribution is -2.06. The molecule has 0 saturated heterocycles. The fraction of sp³-hybridized carbons (Fsp3) is 0.214. The molecule has 0 aliphatic carbocycles. The van der Waals surface area contributed by atoms with E-state index in [9.17, 15) is 0 Å². The van der Waals surface area contributed by atoms with Crippen molar-refractivity contribution in [2.45, 2.75) is 19.8 Å². The summed E-state index contributed by atoms with van der Waals surface area (Å²) in [6.45, 7) is 4.21. The molecular weight excluding hydrogens is 383 g/mol. The van der Waals surface area contributed by atoms with Crippen LogP contribution in [0, 0.1) is 3.57 Å². The topological polar surface area (TPSA) is 64.7 Å². The van der Waals surface area contributed by atoms with Crippen LogP contribution in [0.4, 0.5) is 5.82 Å². The fourth-order valence-corrected chi connectivity index (χ4v) is 3.61. The first-order chi connectivity index (χ1) is 9.56. The van der Waals surface area contributed by atoms with Crippen LogP contribution in [0.25, 0.3) is 21.6 Å². The number of anilines is 1. The SMILES string of the molecule is CC(C)c1nc(-c2cnc3ccsc3c2)nc(N)c1I. The number of nitrogens with two attached hydrogens (primary N) is 1. The Kier molecular flexibility index (Phi) is 3.59. The van der Waals surface area contributed by atoms with Gasteiger partial charge in [0, 0.05) is 11.8 Å². The molecule has 0 atom stereocenters. The quantitative estimate of drug-likeness (QED) is 0.664. The van der Waals surface area contributed by atoms with Crippen LogP contribution in [-0.2, 0) is 0 Å². The van der Waals surface area contributed by atoms with Gasteiger partial charge in [0.2, 0.25) is 0 Å². The van der Waals surface area contributed by atoms with Crippen LogP contribution in [0.15, 0.2) is 23.7 Å². The van der Waals surface area contributed by atoms with Gasteiger partial charge in [-0.15, -0.1) is 11.3 Å². The molecule has 3 heterocycles. The van der Waals surface area contributed by atoms with E-state index in [4.69, 9.17) is 5.73 Å². The van der Waals surface area contributed by atoms with Gasteiger partial charge in [0.15, 0.2) is 5.82 Å². The molecule has 0 unspecified atom stereocenters. The smallest absolute Gasteiger partial charge is 0.163 e. The first-order valence-corrected chi connectivity index (χ1v) is 8.18. The predicted molar refractivity (Wildman–Crippen MR) is 91.9 cm³/mol. The van der Waals surface area contributed by atoms with Crippen molar-refractivity contribution in [2.24, 2.45) is 0 Å². The monoisotopic (exact) mass is 396 g/mol. The molecule has 3 rings (SSSR count). The van der Waals surface area contributed by atoms with Crippen molar-refractivity contribution in [3.8, 4) is 11.4 Å². The van der Waals surface area contributed by atoms with Crippen molar-refractivity contribution in [3.63, 3.8) is 0 Å². The fourth-order valence-electron chi connectivity index (χ4n) is 1.96. The Labute approximate surface area is 134 Å². The molecule has 2 N–H and O–H groups in total. The lowest BCUT2D eigenvalue weighted by molar-refractivity contribution is 0.810. The lowest BCUT2D eigenvalue weighted by Gasteiger charge is -2.11. The van der Waals surface area contributed by atoms with Gasteiger partial charge in [0.25, 0.3) is 0 Å². The summed E-state index contributed by atoms with van der Waals surface area (Å²) >= 11 is 3.87. The molecule has 3 aromatic rings. The number of pyridine rings is 1. The van der Waals surface area contributed by atoms with Gasteiger partial charge >= 0.3 is 0 Å². The average Bonchev–Trinajstić information content (AvgIpc) is 2.88. The molecule has 0 saturated carbocycles. The molecule has 0 radical (unpaired) electrons. The average molecular weight is 396 g/mol. The van der Waals surface area contributed by atoms with E-state index in [1.807, 2.05) is 11.4 Å². The maximum absolute atomic E-state index is 6.01. The zero-order valence-electron chi connectivity index (χ0n) is 11.1. The first-order valence-electron chi connectivity index (χ1n) is 6.23. The van der Waals surface area contributed by atoms with E-state index in [0.717, 1.165) is 25.0 Å². The van der Waals surface area contributed by atoms with Crippen molar-refractivity contribution in [1.29, 1.82) is 0 Å².